The van der Waals surface area contributed by atoms with E-state index in [1.54, 1.807) is 0 Å². The van der Waals surface area contributed by atoms with E-state index in [1.165, 1.54) is 51.7 Å². The molecule has 1 rings (SSSR count). The van der Waals surface area contributed by atoms with Gasteiger partial charge < -0.3 is 5.32 Å². The minimum absolute atomic E-state index is 0.361. The quantitative estimate of drug-likeness (QED) is 0.714. The van der Waals surface area contributed by atoms with Crippen LogP contribution < -0.4 is 5.32 Å². The van der Waals surface area contributed by atoms with Gasteiger partial charge in [0, 0.05) is 31.2 Å². The van der Waals surface area contributed by atoms with Gasteiger partial charge in [-0.3, -0.25) is 4.90 Å². The zero-order chi connectivity index (χ0) is 15.2. The molecule has 0 aromatic carbocycles. The fourth-order valence-electron chi connectivity index (χ4n) is 3.63. The lowest BCUT2D eigenvalue weighted by Crippen LogP contribution is -2.64. The van der Waals surface area contributed by atoms with E-state index in [0.29, 0.717) is 5.54 Å². The molecule has 2 heteroatoms. The Labute approximate surface area is 127 Å². The molecule has 0 amide bonds. The van der Waals surface area contributed by atoms with Crippen LogP contribution in [0.15, 0.2) is 0 Å². The van der Waals surface area contributed by atoms with E-state index in [-0.39, 0.29) is 0 Å². The number of nitrogens with one attached hydrogen (secondary N) is 1. The minimum Gasteiger partial charge on any atom is -0.308 e. The molecule has 120 valence electrons. The van der Waals surface area contributed by atoms with Crippen molar-refractivity contribution in [1.29, 1.82) is 0 Å². The summed E-state index contributed by atoms with van der Waals surface area (Å²) >= 11 is 0. The molecular formula is C18H38N2. The van der Waals surface area contributed by atoms with Crippen molar-refractivity contribution in [3.63, 3.8) is 0 Å². The maximum Gasteiger partial charge on any atom is 0.0304 e. The van der Waals surface area contributed by atoms with Crippen molar-refractivity contribution in [3.05, 3.63) is 0 Å². The van der Waals surface area contributed by atoms with Crippen molar-refractivity contribution >= 4 is 0 Å². The summed E-state index contributed by atoms with van der Waals surface area (Å²) in [5.41, 5.74) is 0.361. The van der Waals surface area contributed by atoms with Gasteiger partial charge in [0.05, 0.1) is 0 Å². The Morgan fingerprint density at radius 3 is 2.15 bits per heavy atom. The van der Waals surface area contributed by atoms with Crippen LogP contribution in [0, 0.1) is 11.8 Å². The summed E-state index contributed by atoms with van der Waals surface area (Å²) in [6, 6.07) is 0.738. The summed E-state index contributed by atoms with van der Waals surface area (Å²) in [6.45, 7) is 17.8. The van der Waals surface area contributed by atoms with Crippen molar-refractivity contribution in [2.24, 2.45) is 11.8 Å². The van der Waals surface area contributed by atoms with Gasteiger partial charge in [-0.05, 0) is 31.1 Å². The molecule has 0 saturated carbocycles. The Morgan fingerprint density at radius 1 is 1.10 bits per heavy atom. The van der Waals surface area contributed by atoms with E-state index in [4.69, 9.17) is 0 Å². The highest BCUT2D eigenvalue weighted by molar-refractivity contribution is 4.97. The molecule has 20 heavy (non-hydrogen) atoms. The number of piperazine rings is 1. The summed E-state index contributed by atoms with van der Waals surface area (Å²) in [5, 5.41) is 3.89. The second-order valence-corrected chi connectivity index (χ2v) is 7.26. The Bertz CT molecular complexity index is 254. The predicted octanol–water partition coefficient (Wildman–Crippen LogP) is 4.30. The van der Waals surface area contributed by atoms with Crippen LogP contribution in [-0.2, 0) is 0 Å². The van der Waals surface area contributed by atoms with Crippen molar-refractivity contribution in [1.82, 2.24) is 10.2 Å². The Hall–Kier alpha value is -0.0800. The van der Waals surface area contributed by atoms with Crippen LogP contribution >= 0.6 is 0 Å². The van der Waals surface area contributed by atoms with Gasteiger partial charge in [0.2, 0.25) is 0 Å². The maximum absolute atomic E-state index is 3.89. The van der Waals surface area contributed by atoms with Crippen LogP contribution in [0.4, 0.5) is 0 Å². The summed E-state index contributed by atoms with van der Waals surface area (Å²) < 4.78 is 0. The third-order valence-corrected chi connectivity index (χ3v) is 5.48. The zero-order valence-corrected chi connectivity index (χ0v) is 14.8. The van der Waals surface area contributed by atoms with Crippen LogP contribution in [0.5, 0.6) is 0 Å². The summed E-state index contributed by atoms with van der Waals surface area (Å²) in [4.78, 5) is 2.82. The molecule has 0 bridgehead atoms. The monoisotopic (exact) mass is 282 g/mol. The molecule has 1 saturated heterocycles. The van der Waals surface area contributed by atoms with Crippen molar-refractivity contribution in [2.45, 2.75) is 85.2 Å². The highest BCUT2D eigenvalue weighted by Crippen LogP contribution is 2.27. The normalized spacial score (nSPS) is 23.7. The van der Waals surface area contributed by atoms with Crippen molar-refractivity contribution in [2.75, 3.05) is 19.6 Å². The van der Waals surface area contributed by atoms with E-state index in [1.807, 2.05) is 0 Å². The van der Waals surface area contributed by atoms with Crippen molar-refractivity contribution in [3.8, 4) is 0 Å². The molecule has 1 aliphatic rings. The maximum atomic E-state index is 3.89. The Morgan fingerprint density at radius 2 is 1.70 bits per heavy atom. The van der Waals surface area contributed by atoms with Gasteiger partial charge in [0.15, 0.2) is 0 Å². The second kappa shape index (κ2) is 8.38. The molecule has 0 spiro atoms. The molecule has 1 heterocycles. The van der Waals surface area contributed by atoms with Gasteiger partial charge in [0.1, 0.15) is 0 Å². The van der Waals surface area contributed by atoms with Gasteiger partial charge in [-0.25, -0.2) is 0 Å². The molecule has 1 unspecified atom stereocenters. The van der Waals surface area contributed by atoms with E-state index in [2.05, 4.69) is 51.8 Å². The molecule has 0 aliphatic carbocycles. The van der Waals surface area contributed by atoms with Gasteiger partial charge in [-0.1, -0.05) is 54.4 Å². The SMILES string of the molecule is CCC(CC)CN1CC(CC)(CC)NCC1CC(C)C. The van der Waals surface area contributed by atoms with Crippen LogP contribution in [0.2, 0.25) is 0 Å². The number of rotatable bonds is 8. The average molecular weight is 283 g/mol. The lowest BCUT2D eigenvalue weighted by atomic mass is 9.86. The highest BCUT2D eigenvalue weighted by Gasteiger charge is 2.37. The van der Waals surface area contributed by atoms with Crippen LogP contribution in [0.3, 0.4) is 0 Å². The topological polar surface area (TPSA) is 15.3 Å². The summed E-state index contributed by atoms with van der Waals surface area (Å²) in [5.74, 6) is 1.66. The molecule has 0 radical (unpaired) electrons. The zero-order valence-electron chi connectivity index (χ0n) is 14.8. The first-order valence-electron chi connectivity index (χ1n) is 8.99. The first-order valence-corrected chi connectivity index (χ1v) is 8.99. The smallest absolute Gasteiger partial charge is 0.0304 e. The standard InChI is InChI=1S/C18H38N2/c1-7-16(8-2)13-20-14-18(9-3,10-4)19-12-17(20)11-15(5)6/h15-17,19H,7-14H2,1-6H3. The fraction of sp³-hybridized carbons (Fsp3) is 1.00. The van der Waals surface area contributed by atoms with Gasteiger partial charge >= 0.3 is 0 Å². The third kappa shape index (κ3) is 4.73. The fourth-order valence-corrected chi connectivity index (χ4v) is 3.63. The molecule has 1 fully saturated rings. The third-order valence-electron chi connectivity index (χ3n) is 5.48. The van der Waals surface area contributed by atoms with E-state index in [0.717, 1.165) is 17.9 Å². The lowest BCUT2D eigenvalue weighted by molar-refractivity contribution is 0.0484. The Kier molecular flexibility index (Phi) is 7.53. The van der Waals surface area contributed by atoms with E-state index in [9.17, 15) is 0 Å². The highest BCUT2D eigenvalue weighted by atomic mass is 15.3. The van der Waals surface area contributed by atoms with Crippen molar-refractivity contribution < 1.29 is 0 Å². The lowest BCUT2D eigenvalue weighted by Gasteiger charge is -2.49. The molecule has 0 aromatic heterocycles. The minimum atomic E-state index is 0.361. The molecule has 1 atom stereocenters. The van der Waals surface area contributed by atoms with Crippen LogP contribution in [0.1, 0.15) is 73.6 Å². The number of hydrogen-bond donors (Lipinski definition) is 1. The van der Waals surface area contributed by atoms with E-state index < -0.39 is 0 Å². The molecule has 2 nitrogen and oxygen atoms in total. The Balaban J connectivity index is 2.76. The number of nitrogens with zero attached hydrogens (tertiary/aromatic N) is 1. The van der Waals surface area contributed by atoms with Crippen LogP contribution in [-0.4, -0.2) is 36.1 Å². The second-order valence-electron chi connectivity index (χ2n) is 7.26. The van der Waals surface area contributed by atoms with Gasteiger partial charge in [0.25, 0.3) is 0 Å². The summed E-state index contributed by atoms with van der Waals surface area (Å²) in [6.07, 6.45) is 6.46. The van der Waals surface area contributed by atoms with Gasteiger partial charge in [-0.15, -0.1) is 0 Å². The molecular weight excluding hydrogens is 244 g/mol. The first kappa shape index (κ1) is 18.0. The van der Waals surface area contributed by atoms with E-state index >= 15 is 0 Å². The largest absolute Gasteiger partial charge is 0.308 e. The molecule has 1 aliphatic heterocycles. The number of hydrogen-bond acceptors (Lipinski definition) is 2. The molecule has 1 N–H and O–H groups in total. The summed E-state index contributed by atoms with van der Waals surface area (Å²) in [7, 11) is 0. The van der Waals surface area contributed by atoms with Crippen LogP contribution in [0.25, 0.3) is 0 Å². The van der Waals surface area contributed by atoms with Gasteiger partial charge in [-0.2, -0.15) is 0 Å². The molecule has 0 aromatic rings. The average Bonchev–Trinajstić information content (AvgIpc) is 2.46. The predicted molar refractivity (Wildman–Crippen MR) is 90.2 cm³/mol. The first-order chi connectivity index (χ1) is 9.50.